The fourth-order valence-corrected chi connectivity index (χ4v) is 1.38. The molecule has 4 heteroatoms. The average Bonchev–Trinajstić information content (AvgIpc) is 2.37. The summed E-state index contributed by atoms with van der Waals surface area (Å²) in [4.78, 5) is 0. The van der Waals surface area contributed by atoms with Crippen molar-refractivity contribution in [1.29, 1.82) is 0 Å². The van der Waals surface area contributed by atoms with Crippen molar-refractivity contribution in [2.24, 2.45) is 0 Å². The number of hydrogen-bond acceptors (Lipinski definition) is 4. The van der Waals surface area contributed by atoms with Gasteiger partial charge in [0.1, 0.15) is 18.5 Å². The highest BCUT2D eigenvalue weighted by Crippen LogP contribution is 2.08. The molecule has 0 saturated heterocycles. The molecule has 0 saturated carbocycles. The zero-order chi connectivity index (χ0) is 13.4. The fraction of sp³-hybridized carbons (Fsp3) is 0.571. The monoisotopic (exact) mass is 253 g/mol. The molecule has 1 atom stereocenters. The van der Waals surface area contributed by atoms with Crippen molar-refractivity contribution in [3.63, 3.8) is 0 Å². The highest BCUT2D eigenvalue weighted by molar-refractivity contribution is 5.20. The van der Waals surface area contributed by atoms with Crippen LogP contribution < -0.4 is 10.1 Å². The molecule has 0 fully saturated rings. The SMILES string of the molecule is COC(C)(C)CNCC(O)COc1ccccc1. The second-order valence-electron chi connectivity index (χ2n) is 4.87. The predicted octanol–water partition coefficient (Wildman–Crippen LogP) is 1.44. The van der Waals surface area contributed by atoms with Gasteiger partial charge in [-0.1, -0.05) is 18.2 Å². The first-order valence-electron chi connectivity index (χ1n) is 6.15. The first kappa shape index (κ1) is 15.0. The van der Waals surface area contributed by atoms with E-state index < -0.39 is 6.10 Å². The molecule has 0 amide bonds. The van der Waals surface area contributed by atoms with Gasteiger partial charge in [0, 0.05) is 20.2 Å². The van der Waals surface area contributed by atoms with E-state index in [9.17, 15) is 5.11 Å². The molecular formula is C14H23NO3. The van der Waals surface area contributed by atoms with Crippen LogP contribution in [0.25, 0.3) is 0 Å². The largest absolute Gasteiger partial charge is 0.491 e. The highest BCUT2D eigenvalue weighted by atomic mass is 16.5. The Bertz CT molecular complexity index is 327. The molecule has 0 aromatic heterocycles. The summed E-state index contributed by atoms with van der Waals surface area (Å²) in [6, 6.07) is 9.47. The van der Waals surface area contributed by atoms with Crippen LogP contribution in [0.4, 0.5) is 0 Å². The van der Waals surface area contributed by atoms with Gasteiger partial charge in [-0.25, -0.2) is 0 Å². The third kappa shape index (κ3) is 6.00. The van der Waals surface area contributed by atoms with Crippen molar-refractivity contribution in [3.8, 4) is 5.75 Å². The van der Waals surface area contributed by atoms with Gasteiger partial charge in [-0.15, -0.1) is 0 Å². The number of aliphatic hydroxyl groups is 1. The quantitative estimate of drug-likeness (QED) is 0.736. The Balaban J connectivity index is 2.16. The summed E-state index contributed by atoms with van der Waals surface area (Å²) in [7, 11) is 1.68. The lowest BCUT2D eigenvalue weighted by molar-refractivity contribution is 0.0191. The average molecular weight is 253 g/mol. The molecular weight excluding hydrogens is 230 g/mol. The summed E-state index contributed by atoms with van der Waals surface area (Å²) in [6.07, 6.45) is -0.530. The molecule has 0 spiro atoms. The van der Waals surface area contributed by atoms with E-state index in [4.69, 9.17) is 9.47 Å². The summed E-state index contributed by atoms with van der Waals surface area (Å²) in [5.74, 6) is 0.772. The lowest BCUT2D eigenvalue weighted by Gasteiger charge is -2.24. The molecule has 1 unspecified atom stereocenters. The van der Waals surface area contributed by atoms with Crippen LogP contribution in [0, 0.1) is 0 Å². The third-order valence-electron chi connectivity index (χ3n) is 2.67. The van der Waals surface area contributed by atoms with Gasteiger partial charge in [-0.2, -0.15) is 0 Å². The molecule has 0 aliphatic carbocycles. The standard InChI is InChI=1S/C14H23NO3/c1-14(2,17-3)11-15-9-12(16)10-18-13-7-5-4-6-8-13/h4-8,12,15-16H,9-11H2,1-3H3. The Morgan fingerprint density at radius 1 is 1.28 bits per heavy atom. The van der Waals surface area contributed by atoms with Crippen molar-refractivity contribution in [2.75, 3.05) is 26.8 Å². The third-order valence-corrected chi connectivity index (χ3v) is 2.67. The van der Waals surface area contributed by atoms with Crippen LogP contribution in [-0.4, -0.2) is 43.6 Å². The van der Waals surface area contributed by atoms with Crippen molar-refractivity contribution in [3.05, 3.63) is 30.3 Å². The molecule has 102 valence electrons. The van der Waals surface area contributed by atoms with E-state index >= 15 is 0 Å². The maximum Gasteiger partial charge on any atom is 0.119 e. The minimum absolute atomic E-state index is 0.222. The molecule has 4 nitrogen and oxygen atoms in total. The maximum absolute atomic E-state index is 9.75. The van der Waals surface area contributed by atoms with Gasteiger partial charge in [-0.3, -0.25) is 0 Å². The molecule has 0 heterocycles. The van der Waals surface area contributed by atoms with E-state index in [1.54, 1.807) is 7.11 Å². The minimum Gasteiger partial charge on any atom is -0.491 e. The van der Waals surface area contributed by atoms with Crippen LogP contribution in [0.5, 0.6) is 5.75 Å². The molecule has 0 aliphatic heterocycles. The van der Waals surface area contributed by atoms with Crippen molar-refractivity contribution in [1.82, 2.24) is 5.32 Å². The van der Waals surface area contributed by atoms with E-state index in [1.807, 2.05) is 44.2 Å². The van der Waals surface area contributed by atoms with Crippen molar-refractivity contribution in [2.45, 2.75) is 25.6 Å². The van der Waals surface area contributed by atoms with Crippen LogP contribution >= 0.6 is 0 Å². The van der Waals surface area contributed by atoms with E-state index in [0.29, 0.717) is 13.1 Å². The Morgan fingerprint density at radius 3 is 2.56 bits per heavy atom. The molecule has 0 radical (unpaired) electrons. The van der Waals surface area contributed by atoms with Crippen LogP contribution in [-0.2, 0) is 4.74 Å². The number of aliphatic hydroxyl groups excluding tert-OH is 1. The summed E-state index contributed by atoms with van der Waals surface area (Å²) in [5, 5.41) is 12.9. The number of hydrogen-bond donors (Lipinski definition) is 2. The number of benzene rings is 1. The first-order valence-corrected chi connectivity index (χ1v) is 6.15. The molecule has 2 N–H and O–H groups in total. The summed E-state index contributed by atoms with van der Waals surface area (Å²) >= 11 is 0. The normalized spacial score (nSPS) is 13.3. The van der Waals surface area contributed by atoms with Gasteiger partial charge in [0.05, 0.1) is 5.60 Å². The van der Waals surface area contributed by atoms with E-state index in [0.717, 1.165) is 5.75 Å². The zero-order valence-corrected chi connectivity index (χ0v) is 11.3. The topological polar surface area (TPSA) is 50.7 Å². The summed E-state index contributed by atoms with van der Waals surface area (Å²) in [6.45, 7) is 5.44. The zero-order valence-electron chi connectivity index (χ0n) is 11.3. The maximum atomic E-state index is 9.75. The van der Waals surface area contributed by atoms with Crippen LogP contribution in [0.2, 0.25) is 0 Å². The molecule has 0 aliphatic rings. The number of para-hydroxylation sites is 1. The van der Waals surface area contributed by atoms with Crippen LogP contribution in [0.3, 0.4) is 0 Å². The molecule has 0 bridgehead atoms. The van der Waals surface area contributed by atoms with Crippen LogP contribution in [0.1, 0.15) is 13.8 Å². The molecule has 1 aromatic carbocycles. The Labute approximate surface area is 109 Å². The summed E-state index contributed by atoms with van der Waals surface area (Å²) < 4.78 is 10.7. The van der Waals surface area contributed by atoms with E-state index in [1.165, 1.54) is 0 Å². The lowest BCUT2D eigenvalue weighted by atomic mass is 10.1. The second kappa shape index (κ2) is 7.36. The molecule has 1 aromatic rings. The minimum atomic E-state index is -0.530. The van der Waals surface area contributed by atoms with Crippen molar-refractivity contribution < 1.29 is 14.6 Å². The predicted molar refractivity (Wildman–Crippen MR) is 71.9 cm³/mol. The van der Waals surface area contributed by atoms with Crippen LogP contribution in [0.15, 0.2) is 30.3 Å². The van der Waals surface area contributed by atoms with Gasteiger partial charge >= 0.3 is 0 Å². The number of ether oxygens (including phenoxy) is 2. The lowest BCUT2D eigenvalue weighted by Crippen LogP contribution is -2.41. The fourth-order valence-electron chi connectivity index (χ4n) is 1.38. The number of nitrogens with one attached hydrogen (secondary N) is 1. The summed E-state index contributed by atoms with van der Waals surface area (Å²) in [5.41, 5.74) is -0.222. The van der Waals surface area contributed by atoms with Gasteiger partial charge in [0.15, 0.2) is 0 Å². The first-order chi connectivity index (χ1) is 8.53. The van der Waals surface area contributed by atoms with Crippen molar-refractivity contribution >= 4 is 0 Å². The van der Waals surface area contributed by atoms with Gasteiger partial charge in [-0.05, 0) is 26.0 Å². The second-order valence-corrected chi connectivity index (χ2v) is 4.87. The molecule has 18 heavy (non-hydrogen) atoms. The Hall–Kier alpha value is -1.10. The van der Waals surface area contributed by atoms with Gasteiger partial charge in [0.2, 0.25) is 0 Å². The highest BCUT2D eigenvalue weighted by Gasteiger charge is 2.16. The molecule has 1 rings (SSSR count). The Morgan fingerprint density at radius 2 is 1.94 bits per heavy atom. The van der Waals surface area contributed by atoms with E-state index in [2.05, 4.69) is 5.32 Å². The van der Waals surface area contributed by atoms with Gasteiger partial charge < -0.3 is 19.9 Å². The number of methoxy groups -OCH3 is 1. The number of rotatable bonds is 8. The smallest absolute Gasteiger partial charge is 0.119 e. The van der Waals surface area contributed by atoms with Gasteiger partial charge in [0.25, 0.3) is 0 Å². The van der Waals surface area contributed by atoms with E-state index in [-0.39, 0.29) is 12.2 Å². The Kier molecular flexibility index (Phi) is 6.12.